The number of benzene rings is 4. The van der Waals surface area contributed by atoms with Gasteiger partial charge in [0.25, 0.3) is 0 Å². The second-order valence-electron chi connectivity index (χ2n) is 8.67. The van der Waals surface area contributed by atoms with Crippen molar-refractivity contribution in [3.63, 3.8) is 0 Å². The standard InChI is InChI=1S/C31H24BrF3O3S/c1-20-18-25(14-15-29(20)38-19-30(36)37)39-17-16-26(22-10-12-24(32)13-11-22)21-6-8-23(9-7-21)27-4-2-3-5-28(27)31(33,34)35/h2-16,18H,17,19H2,1H3,(H,36,37)/b26-16+. The van der Waals surface area contributed by atoms with Crippen molar-refractivity contribution < 1.29 is 27.8 Å². The molecular formula is C31H24BrF3O3S. The third-order valence-corrected chi connectivity index (χ3v) is 7.38. The van der Waals surface area contributed by atoms with Gasteiger partial charge in [0.1, 0.15) is 5.75 Å². The molecule has 0 aliphatic heterocycles. The molecule has 0 fully saturated rings. The molecule has 0 saturated heterocycles. The van der Waals surface area contributed by atoms with Gasteiger partial charge in [0.2, 0.25) is 0 Å². The van der Waals surface area contributed by atoms with Crippen LogP contribution in [0.4, 0.5) is 13.2 Å². The van der Waals surface area contributed by atoms with Crippen LogP contribution in [0.2, 0.25) is 0 Å². The zero-order valence-corrected chi connectivity index (χ0v) is 23.2. The molecule has 8 heteroatoms. The van der Waals surface area contributed by atoms with Crippen molar-refractivity contribution in [2.75, 3.05) is 12.4 Å². The van der Waals surface area contributed by atoms with Crippen molar-refractivity contribution >= 4 is 39.2 Å². The summed E-state index contributed by atoms with van der Waals surface area (Å²) in [6.45, 7) is 1.47. The Morgan fingerprint density at radius 2 is 1.59 bits per heavy atom. The molecule has 4 aromatic rings. The third-order valence-electron chi connectivity index (χ3n) is 5.93. The number of carbonyl (C=O) groups is 1. The van der Waals surface area contributed by atoms with E-state index in [-0.39, 0.29) is 5.56 Å². The van der Waals surface area contributed by atoms with E-state index >= 15 is 0 Å². The van der Waals surface area contributed by atoms with Crippen LogP contribution in [-0.4, -0.2) is 23.4 Å². The topological polar surface area (TPSA) is 46.5 Å². The Morgan fingerprint density at radius 1 is 0.949 bits per heavy atom. The van der Waals surface area contributed by atoms with Crippen LogP contribution >= 0.6 is 27.7 Å². The predicted molar refractivity (Wildman–Crippen MR) is 153 cm³/mol. The van der Waals surface area contributed by atoms with Crippen molar-refractivity contribution in [2.24, 2.45) is 0 Å². The van der Waals surface area contributed by atoms with Crippen LogP contribution in [0.15, 0.2) is 106 Å². The smallest absolute Gasteiger partial charge is 0.417 e. The fraction of sp³-hybridized carbons (Fsp3) is 0.129. The van der Waals surface area contributed by atoms with E-state index in [4.69, 9.17) is 9.84 Å². The number of carboxylic acid groups (broad SMARTS) is 1. The van der Waals surface area contributed by atoms with Crippen molar-refractivity contribution in [3.05, 3.63) is 124 Å². The van der Waals surface area contributed by atoms with Crippen molar-refractivity contribution in [2.45, 2.75) is 18.0 Å². The van der Waals surface area contributed by atoms with Gasteiger partial charge in [0.05, 0.1) is 5.56 Å². The van der Waals surface area contributed by atoms with Gasteiger partial charge < -0.3 is 9.84 Å². The summed E-state index contributed by atoms with van der Waals surface area (Å²) in [4.78, 5) is 11.8. The summed E-state index contributed by atoms with van der Waals surface area (Å²) < 4.78 is 46.9. The molecule has 0 amide bonds. The minimum atomic E-state index is -4.44. The summed E-state index contributed by atoms with van der Waals surface area (Å²) in [6, 6.07) is 26.2. The number of alkyl halides is 3. The zero-order valence-electron chi connectivity index (χ0n) is 20.8. The van der Waals surface area contributed by atoms with Gasteiger partial charge in [-0.3, -0.25) is 0 Å². The number of aliphatic carboxylic acids is 1. The highest BCUT2D eigenvalue weighted by molar-refractivity contribution is 9.10. The fourth-order valence-electron chi connectivity index (χ4n) is 4.08. The number of rotatable bonds is 9. The van der Waals surface area contributed by atoms with E-state index in [1.807, 2.05) is 55.5 Å². The van der Waals surface area contributed by atoms with Gasteiger partial charge in [-0.15, -0.1) is 11.8 Å². The van der Waals surface area contributed by atoms with Crippen LogP contribution in [0, 0.1) is 6.92 Å². The summed E-state index contributed by atoms with van der Waals surface area (Å²) >= 11 is 5.08. The first-order valence-electron chi connectivity index (χ1n) is 11.9. The molecule has 0 unspecified atom stereocenters. The Hall–Kier alpha value is -3.49. The molecule has 0 heterocycles. The van der Waals surface area contributed by atoms with E-state index in [2.05, 4.69) is 22.0 Å². The Morgan fingerprint density at radius 3 is 2.21 bits per heavy atom. The van der Waals surface area contributed by atoms with Crippen LogP contribution < -0.4 is 4.74 Å². The highest BCUT2D eigenvalue weighted by Crippen LogP contribution is 2.37. The van der Waals surface area contributed by atoms with E-state index in [0.29, 0.717) is 17.1 Å². The lowest BCUT2D eigenvalue weighted by molar-refractivity contribution is -0.139. The molecule has 0 aliphatic rings. The molecule has 0 aliphatic carbocycles. The molecule has 0 aromatic heterocycles. The first kappa shape index (κ1) is 28.5. The van der Waals surface area contributed by atoms with Gasteiger partial charge >= 0.3 is 12.1 Å². The minimum Gasteiger partial charge on any atom is -0.482 e. The van der Waals surface area contributed by atoms with Gasteiger partial charge in [-0.05, 0) is 76.7 Å². The Balaban J connectivity index is 1.59. The molecule has 4 aromatic carbocycles. The number of halogens is 4. The van der Waals surface area contributed by atoms with Crippen molar-refractivity contribution in [1.29, 1.82) is 0 Å². The van der Waals surface area contributed by atoms with Gasteiger partial charge in [-0.25, -0.2) is 4.79 Å². The number of carboxylic acids is 1. The second-order valence-corrected chi connectivity index (χ2v) is 10.7. The van der Waals surface area contributed by atoms with E-state index in [9.17, 15) is 18.0 Å². The third kappa shape index (κ3) is 7.55. The SMILES string of the molecule is Cc1cc(SC/C=C(/c2ccc(Br)cc2)c2ccc(-c3ccccc3C(F)(F)F)cc2)ccc1OCC(=O)O. The van der Waals surface area contributed by atoms with Crippen LogP contribution in [0.3, 0.4) is 0 Å². The Kier molecular flexibility index (Phi) is 9.20. The first-order chi connectivity index (χ1) is 18.6. The van der Waals surface area contributed by atoms with Gasteiger partial charge in [0.15, 0.2) is 6.61 Å². The average molecular weight is 613 g/mol. The summed E-state index contributed by atoms with van der Waals surface area (Å²) in [5, 5.41) is 8.83. The highest BCUT2D eigenvalue weighted by atomic mass is 79.9. The lowest BCUT2D eigenvalue weighted by Gasteiger charge is -2.14. The normalized spacial score (nSPS) is 11.9. The molecular weight excluding hydrogens is 589 g/mol. The first-order valence-corrected chi connectivity index (χ1v) is 13.7. The summed E-state index contributed by atoms with van der Waals surface area (Å²) in [7, 11) is 0. The van der Waals surface area contributed by atoms with Gasteiger partial charge in [-0.2, -0.15) is 13.2 Å². The monoisotopic (exact) mass is 612 g/mol. The van der Waals surface area contributed by atoms with Crippen molar-refractivity contribution in [3.8, 4) is 16.9 Å². The van der Waals surface area contributed by atoms with Crippen LogP contribution in [0.25, 0.3) is 16.7 Å². The maximum Gasteiger partial charge on any atom is 0.417 e. The summed E-state index contributed by atoms with van der Waals surface area (Å²) in [5.41, 5.74) is 3.66. The second kappa shape index (κ2) is 12.6. The van der Waals surface area contributed by atoms with E-state index in [0.717, 1.165) is 37.7 Å². The summed E-state index contributed by atoms with van der Waals surface area (Å²) in [6.07, 6.45) is -2.34. The van der Waals surface area contributed by atoms with E-state index in [1.54, 1.807) is 36.0 Å². The largest absolute Gasteiger partial charge is 0.482 e. The van der Waals surface area contributed by atoms with Gasteiger partial charge in [-0.1, -0.05) is 76.6 Å². The minimum absolute atomic E-state index is 0.146. The number of thioether (sulfide) groups is 1. The van der Waals surface area contributed by atoms with Crippen molar-refractivity contribution in [1.82, 2.24) is 0 Å². The number of hydrogen-bond donors (Lipinski definition) is 1. The molecule has 0 atom stereocenters. The molecule has 0 radical (unpaired) electrons. The van der Waals surface area contributed by atoms with Crippen LogP contribution in [0.5, 0.6) is 5.75 Å². The van der Waals surface area contributed by atoms with E-state index in [1.165, 1.54) is 12.1 Å². The fourth-order valence-corrected chi connectivity index (χ4v) is 5.21. The molecule has 0 bridgehead atoms. The number of aryl methyl sites for hydroxylation is 1. The molecule has 1 N–H and O–H groups in total. The summed E-state index contributed by atoms with van der Waals surface area (Å²) in [5.74, 6) is 0.134. The van der Waals surface area contributed by atoms with Gasteiger partial charge in [0, 0.05) is 15.1 Å². The lowest BCUT2D eigenvalue weighted by atomic mass is 9.94. The average Bonchev–Trinajstić information content (AvgIpc) is 2.91. The molecule has 39 heavy (non-hydrogen) atoms. The molecule has 0 spiro atoms. The zero-order chi connectivity index (χ0) is 28.0. The molecule has 3 nitrogen and oxygen atoms in total. The van der Waals surface area contributed by atoms with E-state index < -0.39 is 24.3 Å². The lowest BCUT2D eigenvalue weighted by Crippen LogP contribution is -2.09. The maximum absolute atomic E-state index is 13.5. The predicted octanol–water partition coefficient (Wildman–Crippen LogP) is 9.13. The van der Waals surface area contributed by atoms with Crippen LogP contribution in [-0.2, 0) is 11.0 Å². The Bertz CT molecular complexity index is 1480. The molecule has 200 valence electrons. The number of hydrogen-bond acceptors (Lipinski definition) is 3. The quantitative estimate of drug-likeness (QED) is 0.191. The Labute approximate surface area is 237 Å². The van der Waals surface area contributed by atoms with Crippen LogP contribution in [0.1, 0.15) is 22.3 Å². The maximum atomic E-state index is 13.5. The highest BCUT2D eigenvalue weighted by Gasteiger charge is 2.33. The molecule has 0 saturated carbocycles. The number of ether oxygens (including phenoxy) is 1. The molecule has 4 rings (SSSR count).